The predicted molar refractivity (Wildman–Crippen MR) is 103 cm³/mol. The largest absolute Gasteiger partial charge is 0.320 e. The van der Waals surface area contributed by atoms with Gasteiger partial charge in [-0.15, -0.1) is 12.4 Å². The maximum Gasteiger partial charge on any atom is 0.0488 e. The summed E-state index contributed by atoms with van der Waals surface area (Å²) in [5.74, 6) is 0. The molecule has 24 heavy (non-hydrogen) atoms. The lowest BCUT2D eigenvalue weighted by Gasteiger charge is -2.13. The van der Waals surface area contributed by atoms with Crippen molar-refractivity contribution in [2.75, 3.05) is 6.54 Å². The minimum atomic E-state index is 0. The Kier molecular flexibility index (Phi) is 5.60. The summed E-state index contributed by atoms with van der Waals surface area (Å²) in [7, 11) is 0. The molecule has 3 aromatic rings. The molecule has 1 N–H and O–H groups in total. The highest BCUT2D eigenvalue weighted by molar-refractivity contribution is 5.85. The van der Waals surface area contributed by atoms with E-state index < -0.39 is 0 Å². The van der Waals surface area contributed by atoms with Gasteiger partial charge < -0.3 is 9.72 Å². The topological polar surface area (TPSA) is 16.4 Å². The number of halogens is 1. The number of nitrogens with zero attached hydrogens (tertiary/aromatic N) is 1. The molecule has 0 spiro atoms. The molecule has 2 heterocycles. The van der Waals surface area contributed by atoms with Gasteiger partial charge in [0.2, 0.25) is 0 Å². The van der Waals surface area contributed by atoms with Crippen LogP contribution in [0.15, 0.2) is 54.7 Å². The van der Waals surface area contributed by atoms with E-state index in [1.54, 1.807) is 16.8 Å². The number of hydrogen-bond donors (Lipinski definition) is 1. The van der Waals surface area contributed by atoms with E-state index in [1.807, 2.05) is 0 Å². The Labute approximate surface area is 150 Å². The first-order valence-corrected chi connectivity index (χ1v) is 8.78. The van der Waals surface area contributed by atoms with Crippen LogP contribution in [0.3, 0.4) is 0 Å². The van der Waals surface area contributed by atoms with Gasteiger partial charge in [-0.1, -0.05) is 36.4 Å². The number of aryl methyl sites for hydroxylation is 1. The number of aromatic nitrogens is 1. The zero-order valence-electron chi connectivity index (χ0n) is 14.0. The Balaban J connectivity index is 0.00000169. The van der Waals surface area contributed by atoms with Crippen molar-refractivity contribution in [2.24, 2.45) is 0 Å². The molecule has 2 nitrogen and oxygen atoms in total. The van der Waals surface area contributed by atoms with Crippen molar-refractivity contribution in [1.29, 1.82) is 0 Å². The van der Waals surface area contributed by atoms with Crippen molar-refractivity contribution in [1.82, 2.24) is 9.72 Å². The molecule has 3 heteroatoms. The maximum absolute atomic E-state index is 3.60. The Bertz CT molecular complexity index is 792. The fraction of sp³-hybridized carbons (Fsp3) is 0.333. The fourth-order valence-electron chi connectivity index (χ4n) is 3.88. The van der Waals surface area contributed by atoms with Gasteiger partial charge in [-0.05, 0) is 67.5 Å². The third-order valence-electron chi connectivity index (χ3n) is 4.99. The molecule has 0 radical (unpaired) electrons. The predicted octanol–water partition coefficient (Wildman–Crippen LogP) is 4.57. The second-order valence-corrected chi connectivity index (χ2v) is 6.48. The Morgan fingerprint density at radius 3 is 2.58 bits per heavy atom. The van der Waals surface area contributed by atoms with Crippen LogP contribution in [0.2, 0.25) is 0 Å². The summed E-state index contributed by atoms with van der Waals surface area (Å²) in [6.07, 6.45) is 8.52. The van der Waals surface area contributed by atoms with Crippen LogP contribution in [0.1, 0.15) is 35.2 Å². The van der Waals surface area contributed by atoms with Crippen molar-refractivity contribution in [3.63, 3.8) is 0 Å². The number of benzene rings is 1. The molecule has 2 aromatic heterocycles. The zero-order valence-corrected chi connectivity index (χ0v) is 14.8. The highest BCUT2D eigenvalue weighted by Gasteiger charge is 2.19. The molecule has 0 saturated carbocycles. The summed E-state index contributed by atoms with van der Waals surface area (Å²) in [6, 6.07) is 17.3. The van der Waals surface area contributed by atoms with Crippen LogP contribution in [0.25, 0.3) is 5.52 Å². The van der Waals surface area contributed by atoms with E-state index in [1.165, 1.54) is 36.8 Å². The normalized spacial score (nSPS) is 13.5. The molecule has 1 aliphatic carbocycles. The smallest absolute Gasteiger partial charge is 0.0488 e. The summed E-state index contributed by atoms with van der Waals surface area (Å²) in [5.41, 5.74) is 7.53. The monoisotopic (exact) mass is 340 g/mol. The molecule has 0 unspecified atom stereocenters. The molecule has 126 valence electrons. The van der Waals surface area contributed by atoms with Gasteiger partial charge in [0.1, 0.15) is 0 Å². The third-order valence-corrected chi connectivity index (χ3v) is 4.99. The molecular formula is C21H25ClN2. The molecular weight excluding hydrogens is 316 g/mol. The third kappa shape index (κ3) is 3.35. The first-order valence-electron chi connectivity index (χ1n) is 8.78. The van der Waals surface area contributed by atoms with Gasteiger partial charge in [0.05, 0.1) is 0 Å². The number of pyridine rings is 1. The molecule has 4 rings (SSSR count). The summed E-state index contributed by atoms with van der Waals surface area (Å²) >= 11 is 0. The van der Waals surface area contributed by atoms with Crippen molar-refractivity contribution in [2.45, 2.75) is 38.6 Å². The van der Waals surface area contributed by atoms with Crippen molar-refractivity contribution in [3.8, 4) is 0 Å². The first-order chi connectivity index (χ1) is 11.4. The van der Waals surface area contributed by atoms with Crippen LogP contribution in [-0.4, -0.2) is 10.9 Å². The summed E-state index contributed by atoms with van der Waals surface area (Å²) in [5, 5.41) is 3.60. The molecule has 0 fully saturated rings. The highest BCUT2D eigenvalue weighted by Crippen LogP contribution is 2.30. The van der Waals surface area contributed by atoms with E-state index in [-0.39, 0.29) is 12.4 Å². The van der Waals surface area contributed by atoms with Crippen molar-refractivity contribution >= 4 is 17.9 Å². The van der Waals surface area contributed by atoms with Gasteiger partial charge in [0.15, 0.2) is 0 Å². The van der Waals surface area contributed by atoms with Crippen LogP contribution < -0.4 is 5.32 Å². The van der Waals surface area contributed by atoms with Gasteiger partial charge in [0, 0.05) is 24.0 Å². The lowest BCUT2D eigenvalue weighted by atomic mass is 9.93. The summed E-state index contributed by atoms with van der Waals surface area (Å²) in [6.45, 7) is 1.99. The molecule has 0 aliphatic heterocycles. The van der Waals surface area contributed by atoms with E-state index in [2.05, 4.69) is 64.4 Å². The Morgan fingerprint density at radius 1 is 0.917 bits per heavy atom. The highest BCUT2D eigenvalue weighted by atomic mass is 35.5. The van der Waals surface area contributed by atoms with Crippen LogP contribution in [0.4, 0.5) is 0 Å². The second kappa shape index (κ2) is 7.87. The van der Waals surface area contributed by atoms with E-state index >= 15 is 0 Å². The number of rotatable bonds is 5. The lowest BCUT2D eigenvalue weighted by molar-refractivity contribution is 0.656. The fourth-order valence-corrected chi connectivity index (χ4v) is 3.88. The Hall–Kier alpha value is -1.77. The molecule has 0 amide bonds. The van der Waals surface area contributed by atoms with Crippen LogP contribution in [0.5, 0.6) is 0 Å². The zero-order chi connectivity index (χ0) is 15.5. The van der Waals surface area contributed by atoms with Gasteiger partial charge in [-0.3, -0.25) is 0 Å². The molecule has 0 bridgehead atoms. The Morgan fingerprint density at radius 2 is 1.71 bits per heavy atom. The van der Waals surface area contributed by atoms with E-state index in [9.17, 15) is 0 Å². The van der Waals surface area contributed by atoms with E-state index in [4.69, 9.17) is 0 Å². The van der Waals surface area contributed by atoms with Gasteiger partial charge in [-0.25, -0.2) is 0 Å². The molecule has 1 aromatic carbocycles. The van der Waals surface area contributed by atoms with Gasteiger partial charge in [-0.2, -0.15) is 0 Å². The van der Waals surface area contributed by atoms with Crippen LogP contribution in [-0.2, 0) is 25.8 Å². The average Bonchev–Trinajstić information content (AvgIpc) is 2.94. The van der Waals surface area contributed by atoms with Gasteiger partial charge in [0.25, 0.3) is 0 Å². The molecule has 1 aliphatic rings. The average molecular weight is 341 g/mol. The summed E-state index contributed by atoms with van der Waals surface area (Å²) < 4.78 is 2.43. The number of nitrogens with one attached hydrogen (secondary N) is 1. The minimum Gasteiger partial charge on any atom is -0.320 e. The number of fused-ring (bicyclic) bond motifs is 3. The molecule has 0 atom stereocenters. The lowest BCUT2D eigenvalue weighted by Crippen LogP contribution is -2.17. The maximum atomic E-state index is 3.60. The quantitative estimate of drug-likeness (QED) is 0.673. The standard InChI is InChI=1S/C21H24N2.ClH/c1-2-8-17(9-3-1)16-22-14-13-19-18-10-4-5-11-20(18)23-15-7-6-12-21(19)23;/h1-3,6-9,12,15,22H,4-5,10-11,13-14,16H2;1H. The van der Waals surface area contributed by atoms with Crippen molar-refractivity contribution in [3.05, 3.63) is 77.1 Å². The number of hydrogen-bond acceptors (Lipinski definition) is 1. The SMILES string of the molecule is Cl.c1ccc(CNCCc2c3c(n4ccccc24)CCCC3)cc1. The summed E-state index contributed by atoms with van der Waals surface area (Å²) in [4.78, 5) is 0. The minimum absolute atomic E-state index is 0. The van der Waals surface area contributed by atoms with Gasteiger partial charge >= 0.3 is 0 Å². The molecule has 0 saturated heterocycles. The van der Waals surface area contributed by atoms with Crippen molar-refractivity contribution < 1.29 is 0 Å². The first kappa shape index (κ1) is 17.1. The van der Waals surface area contributed by atoms with E-state index in [0.717, 1.165) is 19.5 Å². The second-order valence-electron chi connectivity index (χ2n) is 6.48. The van der Waals surface area contributed by atoms with E-state index in [0.29, 0.717) is 0 Å². The van der Waals surface area contributed by atoms with Crippen LogP contribution >= 0.6 is 12.4 Å². The van der Waals surface area contributed by atoms with Crippen LogP contribution in [0, 0.1) is 0 Å².